The second-order valence-corrected chi connectivity index (χ2v) is 5.56. The lowest BCUT2D eigenvalue weighted by Gasteiger charge is -2.15. The SMILES string of the molecule is CC(C)CC(C)Oc1cnc(CNC2CC2)cn1. The van der Waals surface area contributed by atoms with Crippen LogP contribution in [0.15, 0.2) is 12.4 Å². The molecule has 0 saturated heterocycles. The van der Waals surface area contributed by atoms with Gasteiger partial charge in [0.1, 0.15) is 0 Å². The van der Waals surface area contributed by atoms with Crippen molar-refractivity contribution in [1.82, 2.24) is 15.3 Å². The molecule has 1 aromatic heterocycles. The van der Waals surface area contributed by atoms with Crippen molar-refractivity contribution < 1.29 is 4.74 Å². The molecule has 1 atom stereocenters. The van der Waals surface area contributed by atoms with Crippen LogP contribution in [0, 0.1) is 5.92 Å². The van der Waals surface area contributed by atoms with Gasteiger partial charge in [0, 0.05) is 12.6 Å². The van der Waals surface area contributed by atoms with E-state index >= 15 is 0 Å². The Morgan fingerprint density at radius 1 is 1.28 bits per heavy atom. The molecule has 4 nitrogen and oxygen atoms in total. The van der Waals surface area contributed by atoms with E-state index in [9.17, 15) is 0 Å². The number of ether oxygens (including phenoxy) is 1. The van der Waals surface area contributed by atoms with Crippen LogP contribution >= 0.6 is 0 Å². The molecule has 1 aliphatic rings. The molecular weight excluding hydrogens is 226 g/mol. The topological polar surface area (TPSA) is 47.0 Å². The van der Waals surface area contributed by atoms with Crippen LogP contribution in [0.3, 0.4) is 0 Å². The minimum atomic E-state index is 0.190. The number of hydrogen-bond donors (Lipinski definition) is 1. The van der Waals surface area contributed by atoms with E-state index in [1.165, 1.54) is 12.8 Å². The molecule has 0 aromatic carbocycles. The van der Waals surface area contributed by atoms with E-state index in [0.29, 0.717) is 17.8 Å². The molecule has 1 unspecified atom stereocenters. The van der Waals surface area contributed by atoms with Gasteiger partial charge in [0.25, 0.3) is 0 Å². The highest BCUT2D eigenvalue weighted by Gasteiger charge is 2.20. The van der Waals surface area contributed by atoms with Gasteiger partial charge in [-0.15, -0.1) is 0 Å². The van der Waals surface area contributed by atoms with E-state index in [2.05, 4.69) is 36.1 Å². The third-order valence-electron chi connectivity index (χ3n) is 2.96. The summed E-state index contributed by atoms with van der Waals surface area (Å²) in [5.41, 5.74) is 0.978. The summed E-state index contributed by atoms with van der Waals surface area (Å²) in [6.45, 7) is 7.26. The third-order valence-corrected chi connectivity index (χ3v) is 2.96. The smallest absolute Gasteiger partial charge is 0.232 e. The maximum absolute atomic E-state index is 5.72. The number of nitrogens with zero attached hydrogens (tertiary/aromatic N) is 2. The normalized spacial score (nSPS) is 16.9. The first-order chi connectivity index (χ1) is 8.63. The maximum Gasteiger partial charge on any atom is 0.232 e. The van der Waals surface area contributed by atoms with Crippen molar-refractivity contribution in [2.24, 2.45) is 5.92 Å². The van der Waals surface area contributed by atoms with Crippen molar-refractivity contribution >= 4 is 0 Å². The Kier molecular flexibility index (Phi) is 4.53. The summed E-state index contributed by atoms with van der Waals surface area (Å²) in [5.74, 6) is 1.26. The highest BCUT2D eigenvalue weighted by Crippen LogP contribution is 2.19. The molecule has 0 radical (unpaired) electrons. The Labute approximate surface area is 109 Å². The largest absolute Gasteiger partial charge is 0.474 e. The predicted molar refractivity (Wildman–Crippen MR) is 71.4 cm³/mol. The van der Waals surface area contributed by atoms with Crippen molar-refractivity contribution in [2.45, 2.75) is 58.7 Å². The van der Waals surface area contributed by atoms with Gasteiger partial charge in [0.2, 0.25) is 5.88 Å². The minimum Gasteiger partial charge on any atom is -0.474 e. The van der Waals surface area contributed by atoms with Crippen LogP contribution in [-0.2, 0) is 6.54 Å². The summed E-state index contributed by atoms with van der Waals surface area (Å²) in [6, 6.07) is 0.703. The van der Waals surface area contributed by atoms with Crippen LogP contribution in [0.2, 0.25) is 0 Å². The average molecular weight is 249 g/mol. The maximum atomic E-state index is 5.72. The summed E-state index contributed by atoms with van der Waals surface area (Å²) in [6.07, 6.45) is 7.33. The quantitative estimate of drug-likeness (QED) is 0.806. The van der Waals surface area contributed by atoms with Gasteiger partial charge in [0.15, 0.2) is 0 Å². The van der Waals surface area contributed by atoms with Crippen LogP contribution < -0.4 is 10.1 Å². The summed E-state index contributed by atoms with van der Waals surface area (Å²) in [7, 11) is 0. The van der Waals surface area contributed by atoms with Gasteiger partial charge in [0.05, 0.1) is 24.2 Å². The first kappa shape index (κ1) is 13.3. The first-order valence-corrected chi connectivity index (χ1v) is 6.84. The van der Waals surface area contributed by atoms with Gasteiger partial charge in [-0.1, -0.05) is 13.8 Å². The van der Waals surface area contributed by atoms with Crippen molar-refractivity contribution in [2.75, 3.05) is 0 Å². The van der Waals surface area contributed by atoms with Crippen LogP contribution in [0.5, 0.6) is 5.88 Å². The van der Waals surface area contributed by atoms with E-state index in [0.717, 1.165) is 18.7 Å². The lowest BCUT2D eigenvalue weighted by molar-refractivity contribution is 0.185. The monoisotopic (exact) mass is 249 g/mol. The Morgan fingerprint density at radius 2 is 2.06 bits per heavy atom. The van der Waals surface area contributed by atoms with Crippen molar-refractivity contribution in [3.05, 3.63) is 18.1 Å². The van der Waals surface area contributed by atoms with E-state index < -0.39 is 0 Å². The molecule has 18 heavy (non-hydrogen) atoms. The minimum absolute atomic E-state index is 0.190. The first-order valence-electron chi connectivity index (χ1n) is 6.84. The number of aromatic nitrogens is 2. The van der Waals surface area contributed by atoms with Gasteiger partial charge >= 0.3 is 0 Å². The zero-order chi connectivity index (χ0) is 13.0. The standard InChI is InChI=1S/C14H23N3O/c1-10(2)6-11(3)18-14-9-16-13(8-17-14)7-15-12-4-5-12/h8-12,15H,4-7H2,1-3H3. The van der Waals surface area contributed by atoms with E-state index in [1.54, 1.807) is 12.4 Å². The number of rotatable bonds is 7. The van der Waals surface area contributed by atoms with E-state index in [4.69, 9.17) is 4.74 Å². The second-order valence-electron chi connectivity index (χ2n) is 5.56. The molecule has 2 rings (SSSR count). The van der Waals surface area contributed by atoms with Crippen LogP contribution in [-0.4, -0.2) is 22.1 Å². The summed E-state index contributed by atoms with van der Waals surface area (Å²) in [5, 5.41) is 3.42. The molecular formula is C14H23N3O. The molecule has 0 bridgehead atoms. The van der Waals surface area contributed by atoms with Crippen molar-refractivity contribution in [3.8, 4) is 5.88 Å². The van der Waals surface area contributed by atoms with E-state index in [-0.39, 0.29) is 6.10 Å². The molecule has 100 valence electrons. The molecule has 1 saturated carbocycles. The second kappa shape index (κ2) is 6.14. The number of nitrogens with one attached hydrogen (secondary N) is 1. The molecule has 1 N–H and O–H groups in total. The molecule has 0 spiro atoms. The molecule has 1 heterocycles. The van der Waals surface area contributed by atoms with Gasteiger partial charge in [-0.05, 0) is 32.1 Å². The van der Waals surface area contributed by atoms with Gasteiger partial charge in [-0.25, -0.2) is 4.98 Å². The highest BCUT2D eigenvalue weighted by molar-refractivity contribution is 5.07. The van der Waals surface area contributed by atoms with Crippen LogP contribution in [0.25, 0.3) is 0 Å². The molecule has 1 aliphatic carbocycles. The zero-order valence-electron chi connectivity index (χ0n) is 11.5. The van der Waals surface area contributed by atoms with Gasteiger partial charge in [-0.3, -0.25) is 4.98 Å². The van der Waals surface area contributed by atoms with Crippen molar-refractivity contribution in [1.29, 1.82) is 0 Å². The zero-order valence-corrected chi connectivity index (χ0v) is 11.5. The molecule has 0 amide bonds. The van der Waals surface area contributed by atoms with Crippen LogP contribution in [0.1, 0.15) is 45.7 Å². The summed E-state index contributed by atoms with van der Waals surface area (Å²) < 4.78 is 5.72. The Balaban J connectivity index is 1.78. The number of hydrogen-bond acceptors (Lipinski definition) is 4. The van der Waals surface area contributed by atoms with Crippen LogP contribution in [0.4, 0.5) is 0 Å². The molecule has 0 aliphatic heterocycles. The fourth-order valence-corrected chi connectivity index (χ4v) is 1.95. The Morgan fingerprint density at radius 3 is 2.61 bits per heavy atom. The summed E-state index contributed by atoms with van der Waals surface area (Å²) in [4.78, 5) is 8.66. The van der Waals surface area contributed by atoms with Gasteiger partial charge < -0.3 is 10.1 Å². The Bertz CT molecular complexity index is 360. The van der Waals surface area contributed by atoms with E-state index in [1.807, 2.05) is 0 Å². The fraction of sp³-hybridized carbons (Fsp3) is 0.714. The summed E-state index contributed by atoms with van der Waals surface area (Å²) >= 11 is 0. The van der Waals surface area contributed by atoms with Gasteiger partial charge in [-0.2, -0.15) is 0 Å². The Hall–Kier alpha value is -1.16. The molecule has 1 aromatic rings. The molecule has 1 fully saturated rings. The third kappa shape index (κ3) is 4.61. The fourth-order valence-electron chi connectivity index (χ4n) is 1.95. The lowest BCUT2D eigenvalue weighted by Crippen LogP contribution is -2.17. The predicted octanol–water partition coefficient (Wildman–Crippen LogP) is 2.54. The lowest BCUT2D eigenvalue weighted by atomic mass is 10.1. The highest BCUT2D eigenvalue weighted by atomic mass is 16.5. The molecule has 4 heteroatoms. The average Bonchev–Trinajstić information content (AvgIpc) is 3.11. The van der Waals surface area contributed by atoms with Crippen molar-refractivity contribution in [3.63, 3.8) is 0 Å².